The lowest BCUT2D eigenvalue weighted by atomic mass is 9.89. The van der Waals surface area contributed by atoms with Gasteiger partial charge >= 0.3 is 0 Å². The molecule has 2 aromatic carbocycles. The van der Waals surface area contributed by atoms with Crippen LogP contribution in [0, 0.1) is 0 Å². The van der Waals surface area contributed by atoms with Gasteiger partial charge in [0.05, 0.1) is 18.9 Å². The Kier molecular flexibility index (Phi) is 5.08. The van der Waals surface area contributed by atoms with Crippen molar-refractivity contribution in [3.05, 3.63) is 83.6 Å². The molecule has 142 valence electrons. The van der Waals surface area contributed by atoms with Crippen LogP contribution in [-0.2, 0) is 14.3 Å². The van der Waals surface area contributed by atoms with Crippen molar-refractivity contribution in [3.63, 3.8) is 0 Å². The number of carbonyl (C=O) groups is 2. The van der Waals surface area contributed by atoms with Crippen LogP contribution < -0.4 is 0 Å². The number of ether oxygens (including phenoxy) is 1. The fourth-order valence-electron chi connectivity index (χ4n) is 3.59. The second-order valence-corrected chi connectivity index (χ2v) is 6.81. The quantitative estimate of drug-likeness (QED) is 0.759. The van der Waals surface area contributed by atoms with E-state index in [2.05, 4.69) is 0 Å². The number of amides is 2. The molecule has 4 rings (SSSR count). The van der Waals surface area contributed by atoms with Gasteiger partial charge in [0.15, 0.2) is 0 Å². The van der Waals surface area contributed by atoms with Crippen molar-refractivity contribution in [1.82, 2.24) is 9.80 Å². The number of fused-ring (bicyclic) bond motifs is 1. The van der Waals surface area contributed by atoms with E-state index < -0.39 is 0 Å². The monoisotopic (exact) mass is 374 g/mol. The van der Waals surface area contributed by atoms with Gasteiger partial charge in [-0.1, -0.05) is 54.6 Å². The third kappa shape index (κ3) is 3.49. The minimum absolute atomic E-state index is 0.101. The first-order chi connectivity index (χ1) is 13.6. The first-order valence-electron chi connectivity index (χ1n) is 9.40. The molecular formula is C23H22N2O3. The van der Waals surface area contributed by atoms with E-state index in [0.717, 1.165) is 22.3 Å². The van der Waals surface area contributed by atoms with Crippen LogP contribution in [0.3, 0.4) is 0 Å². The summed E-state index contributed by atoms with van der Waals surface area (Å²) in [4.78, 5) is 28.6. The number of benzene rings is 2. The van der Waals surface area contributed by atoms with Crippen LogP contribution in [0.15, 0.2) is 66.9 Å². The van der Waals surface area contributed by atoms with Crippen molar-refractivity contribution in [2.75, 3.05) is 26.3 Å². The van der Waals surface area contributed by atoms with Gasteiger partial charge in [-0.05, 0) is 11.1 Å². The summed E-state index contributed by atoms with van der Waals surface area (Å²) in [5.41, 5.74) is 4.48. The van der Waals surface area contributed by atoms with Crippen LogP contribution in [0.25, 0.3) is 11.3 Å². The van der Waals surface area contributed by atoms with Crippen LogP contribution in [0.5, 0.6) is 0 Å². The standard InChI is InChI=1S/C23H22N2O3/c1-17(26)25-16-21(18-7-3-2-4-8-18)19-9-5-6-10-20(19)22(25)15-23(27)24-11-13-28-14-12-24/h2-10,15-16H,11-14H2,1H3/b22-15-. The molecular weight excluding hydrogens is 352 g/mol. The van der Waals surface area contributed by atoms with Gasteiger partial charge in [-0.25, -0.2) is 0 Å². The van der Waals surface area contributed by atoms with E-state index in [-0.39, 0.29) is 11.8 Å². The molecule has 2 heterocycles. The van der Waals surface area contributed by atoms with Crippen molar-refractivity contribution in [1.29, 1.82) is 0 Å². The van der Waals surface area contributed by atoms with Crippen LogP contribution >= 0.6 is 0 Å². The van der Waals surface area contributed by atoms with Gasteiger partial charge in [-0.15, -0.1) is 0 Å². The summed E-state index contributed by atoms with van der Waals surface area (Å²) in [5, 5.41) is 0. The molecule has 2 amide bonds. The Morgan fingerprint density at radius 2 is 1.57 bits per heavy atom. The van der Waals surface area contributed by atoms with Gasteiger partial charge in [-0.2, -0.15) is 0 Å². The molecule has 0 saturated carbocycles. The highest BCUT2D eigenvalue weighted by Crippen LogP contribution is 2.37. The SMILES string of the molecule is CC(=O)N1C=C(c2ccccc2)c2ccccc2/C1=C/C(=O)N1CCOCC1. The van der Waals surface area contributed by atoms with Crippen LogP contribution in [0.2, 0.25) is 0 Å². The van der Waals surface area contributed by atoms with Crippen LogP contribution in [0.4, 0.5) is 0 Å². The predicted octanol–water partition coefficient (Wildman–Crippen LogP) is 3.14. The molecule has 0 N–H and O–H groups in total. The molecule has 5 heteroatoms. The third-order valence-electron chi connectivity index (χ3n) is 5.02. The summed E-state index contributed by atoms with van der Waals surface area (Å²) in [6, 6.07) is 17.8. The van der Waals surface area contributed by atoms with E-state index in [1.54, 1.807) is 15.9 Å². The molecule has 0 aliphatic carbocycles. The zero-order valence-corrected chi connectivity index (χ0v) is 15.8. The average Bonchev–Trinajstić information content (AvgIpc) is 2.75. The molecule has 0 unspecified atom stereocenters. The van der Waals surface area contributed by atoms with Gasteiger partial charge in [-0.3, -0.25) is 14.5 Å². The summed E-state index contributed by atoms with van der Waals surface area (Å²) >= 11 is 0. The molecule has 5 nitrogen and oxygen atoms in total. The van der Waals surface area contributed by atoms with E-state index >= 15 is 0 Å². The molecule has 1 fully saturated rings. The molecule has 0 aromatic heterocycles. The Hall–Kier alpha value is -3.18. The third-order valence-corrected chi connectivity index (χ3v) is 5.02. The molecule has 1 saturated heterocycles. The van der Waals surface area contributed by atoms with Gasteiger partial charge in [0.25, 0.3) is 0 Å². The number of morpholine rings is 1. The molecule has 0 spiro atoms. The smallest absolute Gasteiger partial charge is 0.248 e. The Labute approximate surface area is 164 Å². The summed E-state index contributed by atoms with van der Waals surface area (Å²) in [6.07, 6.45) is 3.41. The largest absolute Gasteiger partial charge is 0.378 e. The Bertz CT molecular complexity index is 957. The summed E-state index contributed by atoms with van der Waals surface area (Å²) in [6.45, 7) is 3.73. The maximum absolute atomic E-state index is 12.8. The topological polar surface area (TPSA) is 49.9 Å². The van der Waals surface area contributed by atoms with E-state index in [1.165, 1.54) is 6.92 Å². The van der Waals surface area contributed by atoms with E-state index in [1.807, 2.05) is 60.8 Å². The average molecular weight is 374 g/mol. The Balaban J connectivity index is 1.81. The highest BCUT2D eigenvalue weighted by Gasteiger charge is 2.27. The van der Waals surface area contributed by atoms with Gasteiger partial charge in [0.1, 0.15) is 0 Å². The lowest BCUT2D eigenvalue weighted by Crippen LogP contribution is -2.40. The number of carbonyl (C=O) groups excluding carboxylic acids is 2. The number of hydrogen-bond acceptors (Lipinski definition) is 3. The number of hydrogen-bond donors (Lipinski definition) is 0. The normalized spacial score (nSPS) is 17.9. The first kappa shape index (κ1) is 18.2. The Morgan fingerprint density at radius 3 is 2.25 bits per heavy atom. The van der Waals surface area contributed by atoms with Crippen molar-refractivity contribution >= 4 is 23.1 Å². The van der Waals surface area contributed by atoms with Crippen molar-refractivity contribution < 1.29 is 14.3 Å². The zero-order chi connectivity index (χ0) is 19.5. The lowest BCUT2D eigenvalue weighted by molar-refractivity contribution is -0.129. The van der Waals surface area contributed by atoms with Gasteiger partial charge in [0, 0.05) is 43.4 Å². The second-order valence-electron chi connectivity index (χ2n) is 6.81. The highest BCUT2D eigenvalue weighted by atomic mass is 16.5. The van der Waals surface area contributed by atoms with Crippen molar-refractivity contribution in [3.8, 4) is 0 Å². The predicted molar refractivity (Wildman–Crippen MR) is 108 cm³/mol. The molecule has 28 heavy (non-hydrogen) atoms. The molecule has 0 bridgehead atoms. The molecule has 2 aromatic rings. The summed E-state index contributed by atoms with van der Waals surface area (Å²) in [7, 11) is 0. The fourth-order valence-corrected chi connectivity index (χ4v) is 3.59. The molecule has 2 aliphatic heterocycles. The Morgan fingerprint density at radius 1 is 0.929 bits per heavy atom. The molecule has 0 atom stereocenters. The maximum Gasteiger partial charge on any atom is 0.248 e. The van der Waals surface area contributed by atoms with Gasteiger partial charge < -0.3 is 9.64 Å². The zero-order valence-electron chi connectivity index (χ0n) is 15.8. The summed E-state index contributed by atoms with van der Waals surface area (Å²) < 4.78 is 5.33. The first-order valence-corrected chi connectivity index (χ1v) is 9.40. The minimum Gasteiger partial charge on any atom is -0.378 e. The van der Waals surface area contributed by atoms with E-state index in [9.17, 15) is 9.59 Å². The fraction of sp³-hybridized carbons (Fsp3) is 0.217. The van der Waals surface area contributed by atoms with E-state index in [4.69, 9.17) is 4.74 Å². The van der Waals surface area contributed by atoms with Crippen LogP contribution in [0.1, 0.15) is 23.6 Å². The molecule has 0 radical (unpaired) electrons. The van der Waals surface area contributed by atoms with Crippen molar-refractivity contribution in [2.24, 2.45) is 0 Å². The maximum atomic E-state index is 12.8. The molecule has 2 aliphatic rings. The van der Waals surface area contributed by atoms with Gasteiger partial charge in [0.2, 0.25) is 11.8 Å². The summed E-state index contributed by atoms with van der Waals surface area (Å²) in [5.74, 6) is -0.236. The second kappa shape index (κ2) is 7.82. The minimum atomic E-state index is -0.135. The number of nitrogens with zero attached hydrogens (tertiary/aromatic N) is 2. The van der Waals surface area contributed by atoms with Crippen LogP contribution in [-0.4, -0.2) is 47.9 Å². The number of rotatable bonds is 2. The van der Waals surface area contributed by atoms with E-state index in [0.29, 0.717) is 32.0 Å². The van der Waals surface area contributed by atoms with Crippen molar-refractivity contribution in [2.45, 2.75) is 6.92 Å². The highest BCUT2D eigenvalue weighted by molar-refractivity contribution is 6.03. The lowest BCUT2D eigenvalue weighted by Gasteiger charge is -2.31.